The van der Waals surface area contributed by atoms with Gasteiger partial charge in [-0.05, 0) is 39.5 Å². The van der Waals surface area contributed by atoms with Crippen LogP contribution in [0.25, 0.3) is 0 Å². The molecule has 0 atom stereocenters. The first-order valence-electron chi connectivity index (χ1n) is 7.71. The summed E-state index contributed by atoms with van der Waals surface area (Å²) >= 11 is 0. The molecule has 4 nitrogen and oxygen atoms in total. The number of alkyl halides is 2. The van der Waals surface area contributed by atoms with E-state index in [0.717, 1.165) is 0 Å². The average Bonchev–Trinajstić information content (AvgIpc) is 2.45. The van der Waals surface area contributed by atoms with Gasteiger partial charge in [0, 0.05) is 36.0 Å². The second-order valence-corrected chi connectivity index (χ2v) is 6.57. The minimum atomic E-state index is -2.53. The van der Waals surface area contributed by atoms with Crippen LogP contribution in [0.4, 0.5) is 14.5 Å². The van der Waals surface area contributed by atoms with E-state index in [2.05, 4.69) is 11.9 Å². The Hall–Kier alpha value is -2.37. The molecule has 0 unspecified atom stereocenters. The molecule has 24 heavy (non-hydrogen) atoms. The Kier molecular flexibility index (Phi) is 5.26. The van der Waals surface area contributed by atoms with Crippen molar-refractivity contribution in [1.82, 2.24) is 4.90 Å². The van der Waals surface area contributed by atoms with E-state index in [1.54, 1.807) is 12.1 Å². The van der Waals surface area contributed by atoms with Crippen LogP contribution in [0.2, 0.25) is 0 Å². The number of anilines is 1. The van der Waals surface area contributed by atoms with Crippen LogP contribution in [0.1, 0.15) is 39.2 Å². The van der Waals surface area contributed by atoms with E-state index in [4.69, 9.17) is 4.74 Å². The fraction of sp³-hybridized carbons (Fsp3) is 0.389. The molecule has 0 saturated heterocycles. The summed E-state index contributed by atoms with van der Waals surface area (Å²) in [5, 5.41) is 3.02. The van der Waals surface area contributed by atoms with Gasteiger partial charge in [-0.2, -0.15) is 0 Å². The smallest absolute Gasteiger partial charge is 0.263 e. The highest BCUT2D eigenvalue weighted by Crippen LogP contribution is 2.25. The van der Waals surface area contributed by atoms with E-state index >= 15 is 0 Å². The number of hydrogen-bond donors (Lipinski definition) is 1. The van der Waals surface area contributed by atoms with Crippen LogP contribution < -0.4 is 5.32 Å². The van der Waals surface area contributed by atoms with Crippen molar-refractivity contribution in [3.05, 3.63) is 54.1 Å². The third kappa shape index (κ3) is 4.81. The van der Waals surface area contributed by atoms with E-state index in [1.165, 1.54) is 23.1 Å². The second-order valence-electron chi connectivity index (χ2n) is 6.57. The van der Waals surface area contributed by atoms with Gasteiger partial charge < -0.3 is 10.1 Å². The third-order valence-electron chi connectivity index (χ3n) is 3.34. The van der Waals surface area contributed by atoms with Gasteiger partial charge in [-0.25, -0.2) is 8.78 Å². The van der Waals surface area contributed by atoms with Gasteiger partial charge in [0.05, 0.1) is 0 Å². The molecule has 0 spiro atoms. The Labute approximate surface area is 140 Å². The lowest BCUT2D eigenvalue weighted by Crippen LogP contribution is -2.37. The van der Waals surface area contributed by atoms with Crippen LogP contribution in [0.5, 0.6) is 0 Å². The lowest BCUT2D eigenvalue weighted by Gasteiger charge is -2.32. The van der Waals surface area contributed by atoms with Crippen molar-refractivity contribution in [3.63, 3.8) is 0 Å². The normalized spacial score (nSPS) is 15.3. The highest BCUT2D eigenvalue weighted by atomic mass is 19.3. The van der Waals surface area contributed by atoms with Crippen LogP contribution in [-0.4, -0.2) is 23.0 Å². The number of hydrogen-bond acceptors (Lipinski definition) is 3. The summed E-state index contributed by atoms with van der Waals surface area (Å²) in [5.74, 6) is 0.0607. The van der Waals surface area contributed by atoms with Gasteiger partial charge in [0.25, 0.3) is 12.3 Å². The Morgan fingerprint density at radius 3 is 2.67 bits per heavy atom. The Balaban J connectivity index is 2.05. The van der Waals surface area contributed by atoms with Crippen molar-refractivity contribution in [3.8, 4) is 0 Å². The molecule has 0 aliphatic carbocycles. The molecule has 1 amide bonds. The molecule has 0 aromatic heterocycles. The summed E-state index contributed by atoms with van der Waals surface area (Å²) in [5.41, 5.74) is 0.711. The van der Waals surface area contributed by atoms with Gasteiger partial charge in [0.2, 0.25) is 0 Å². The number of carbonyl (C=O) groups is 1. The van der Waals surface area contributed by atoms with Gasteiger partial charge in [0.1, 0.15) is 5.60 Å². The number of rotatable bonds is 5. The monoisotopic (exact) mass is 336 g/mol. The largest absolute Gasteiger partial charge is 0.473 e. The number of benzene rings is 1. The van der Waals surface area contributed by atoms with E-state index < -0.39 is 12.0 Å². The predicted molar refractivity (Wildman–Crippen MR) is 89.4 cm³/mol. The van der Waals surface area contributed by atoms with Crippen molar-refractivity contribution < 1.29 is 18.3 Å². The maximum atomic E-state index is 12.7. The summed E-state index contributed by atoms with van der Waals surface area (Å²) in [7, 11) is 0. The van der Waals surface area contributed by atoms with Crippen molar-refractivity contribution in [2.75, 3.05) is 11.9 Å². The zero-order valence-electron chi connectivity index (χ0n) is 14.1. The summed E-state index contributed by atoms with van der Waals surface area (Å²) in [6.45, 7) is 9.86. The summed E-state index contributed by atoms with van der Waals surface area (Å²) < 4.78 is 31.1. The van der Waals surface area contributed by atoms with Crippen molar-refractivity contribution in [1.29, 1.82) is 0 Å². The van der Waals surface area contributed by atoms with Crippen LogP contribution in [-0.2, 0) is 9.53 Å². The van der Waals surface area contributed by atoms with Crippen LogP contribution >= 0.6 is 0 Å². The molecule has 1 aromatic carbocycles. The molecular weight excluding hydrogens is 314 g/mol. The molecule has 1 heterocycles. The van der Waals surface area contributed by atoms with Crippen molar-refractivity contribution >= 4 is 11.6 Å². The molecule has 0 fully saturated rings. The maximum absolute atomic E-state index is 12.7. The number of carbonyl (C=O) groups excluding carboxylic acids is 1. The molecule has 2 rings (SSSR count). The molecule has 1 aliphatic rings. The standard InChI is InChI=1S/C18H22F2N2O2/c1-12(24-18(2,3)4)22-9-8-15(11-16(22)23)21-14-7-5-6-13(10-14)17(19)20/h5-7,10-11,17,21H,1,8-9H2,2-4H3. The molecule has 0 saturated carbocycles. The average molecular weight is 336 g/mol. The summed E-state index contributed by atoms with van der Waals surface area (Å²) in [6.07, 6.45) is -0.533. The lowest BCUT2D eigenvalue weighted by molar-refractivity contribution is -0.129. The van der Waals surface area contributed by atoms with Gasteiger partial charge in [-0.1, -0.05) is 12.1 Å². The van der Waals surface area contributed by atoms with Crippen molar-refractivity contribution in [2.24, 2.45) is 0 Å². The first-order valence-corrected chi connectivity index (χ1v) is 7.71. The second kappa shape index (κ2) is 7.03. The van der Waals surface area contributed by atoms with Gasteiger partial charge in [-0.3, -0.25) is 9.69 Å². The molecule has 0 radical (unpaired) electrons. The number of amides is 1. The molecule has 1 aliphatic heterocycles. The highest BCUT2D eigenvalue weighted by Gasteiger charge is 2.24. The highest BCUT2D eigenvalue weighted by molar-refractivity contribution is 5.91. The van der Waals surface area contributed by atoms with E-state index in [9.17, 15) is 13.6 Å². The molecular formula is C18H22F2N2O2. The first-order chi connectivity index (χ1) is 11.2. The number of nitrogens with one attached hydrogen (secondary N) is 1. The summed E-state index contributed by atoms with van der Waals surface area (Å²) in [4.78, 5) is 13.7. The van der Waals surface area contributed by atoms with E-state index in [-0.39, 0.29) is 11.5 Å². The van der Waals surface area contributed by atoms with E-state index in [0.29, 0.717) is 30.2 Å². The van der Waals surface area contributed by atoms with Crippen molar-refractivity contribution in [2.45, 2.75) is 39.2 Å². The summed E-state index contributed by atoms with van der Waals surface area (Å²) in [6, 6.07) is 5.99. The topological polar surface area (TPSA) is 41.6 Å². The van der Waals surface area contributed by atoms with Gasteiger partial charge in [-0.15, -0.1) is 0 Å². The van der Waals surface area contributed by atoms with Gasteiger partial charge >= 0.3 is 0 Å². The lowest BCUT2D eigenvalue weighted by atomic mass is 10.1. The Morgan fingerprint density at radius 1 is 1.38 bits per heavy atom. The SMILES string of the molecule is C=C(OC(C)(C)C)N1CCC(Nc2cccc(C(F)F)c2)=CC1=O. The van der Waals surface area contributed by atoms with E-state index in [1.807, 2.05) is 20.8 Å². The van der Waals surface area contributed by atoms with Crippen LogP contribution in [0, 0.1) is 0 Å². The number of nitrogens with zero attached hydrogens (tertiary/aromatic N) is 1. The molecule has 130 valence electrons. The van der Waals surface area contributed by atoms with Crippen LogP contribution in [0.15, 0.2) is 48.5 Å². The van der Waals surface area contributed by atoms with Crippen LogP contribution in [0.3, 0.4) is 0 Å². The van der Waals surface area contributed by atoms with Gasteiger partial charge in [0.15, 0.2) is 5.88 Å². The number of ether oxygens (including phenoxy) is 1. The fourth-order valence-electron chi connectivity index (χ4n) is 2.33. The third-order valence-corrected chi connectivity index (χ3v) is 3.34. The minimum Gasteiger partial charge on any atom is -0.473 e. The Bertz CT molecular complexity index is 663. The molecule has 1 aromatic rings. The zero-order chi connectivity index (χ0) is 17.9. The Morgan fingerprint density at radius 2 is 2.08 bits per heavy atom. The first kappa shape index (κ1) is 18.0. The fourth-order valence-corrected chi connectivity index (χ4v) is 2.33. The number of halogens is 2. The molecule has 0 bridgehead atoms. The minimum absolute atomic E-state index is 0.0590. The predicted octanol–water partition coefficient (Wildman–Crippen LogP) is 4.44. The maximum Gasteiger partial charge on any atom is 0.263 e. The zero-order valence-corrected chi connectivity index (χ0v) is 14.1. The molecule has 1 N–H and O–H groups in total. The molecule has 6 heteroatoms. The quantitative estimate of drug-likeness (QED) is 0.808.